The Balaban J connectivity index is 1.03. The number of rotatable bonds is 8. The van der Waals surface area contributed by atoms with Crippen molar-refractivity contribution in [2.24, 2.45) is 0 Å². The zero-order valence-corrected chi connectivity index (χ0v) is 54.0. The molecule has 4 aromatic heterocycles. The van der Waals surface area contributed by atoms with Crippen molar-refractivity contribution in [2.45, 2.75) is 10.8 Å². The Morgan fingerprint density at radius 1 is 0.200 bits per heavy atom. The highest BCUT2D eigenvalue weighted by Crippen LogP contribution is 2.61. The minimum Gasteiger partial charge on any atom is -0.306 e. The molecular weight excluding hydrogens is 1210 g/mol. The SMILES string of the molecule is N#Cc1c(-n2c3ccccc3c3ccccc32)c(C#N)c(-n2c3ccccc3c3cc4c(cc32)C(c2ccccc2)(c2ccccc2)c2ccccc2-4)c(-n2c3ccccc3c3ccccc32)c1-n1c2ccccc2c2cc3c(cc21)C(c1ccccc1)(c1ccccc1)c1ccccc1-3. The van der Waals surface area contributed by atoms with Gasteiger partial charge >= 0.3 is 0 Å². The van der Waals surface area contributed by atoms with Crippen LogP contribution in [0.3, 0.4) is 0 Å². The average Bonchev–Trinajstić information content (AvgIpc) is 1.51. The van der Waals surface area contributed by atoms with E-state index in [1.54, 1.807) is 0 Å². The highest BCUT2D eigenvalue weighted by molar-refractivity contribution is 6.18. The van der Waals surface area contributed by atoms with Gasteiger partial charge in [0.15, 0.2) is 0 Å². The molecule has 21 rings (SSSR count). The molecule has 0 N–H and O–H groups in total. The first-order valence-electron chi connectivity index (χ1n) is 34.2. The average molecular weight is 1270 g/mol. The number of hydrogen-bond donors (Lipinski definition) is 0. The van der Waals surface area contributed by atoms with Crippen LogP contribution in [0.2, 0.25) is 0 Å². The van der Waals surface area contributed by atoms with E-state index < -0.39 is 10.8 Å². The number of benzene rings is 15. The second kappa shape index (κ2) is 21.0. The molecule has 15 aromatic carbocycles. The fourth-order valence-electron chi connectivity index (χ4n) is 18.4. The zero-order chi connectivity index (χ0) is 66.0. The number of aromatic nitrogens is 4. The van der Waals surface area contributed by atoms with Gasteiger partial charge in [-0.1, -0.05) is 279 Å². The maximum atomic E-state index is 13.2. The fraction of sp³-hybridized carbons (Fsp3) is 0.0213. The molecule has 2 aliphatic carbocycles. The molecule has 0 saturated heterocycles. The lowest BCUT2D eigenvalue weighted by Gasteiger charge is -2.34. The van der Waals surface area contributed by atoms with E-state index in [1.807, 2.05) is 0 Å². The molecule has 100 heavy (non-hydrogen) atoms. The summed E-state index contributed by atoms with van der Waals surface area (Å²) in [6.45, 7) is 0. The summed E-state index contributed by atoms with van der Waals surface area (Å²) >= 11 is 0. The van der Waals surface area contributed by atoms with E-state index in [-0.39, 0.29) is 0 Å². The number of hydrogen-bond acceptors (Lipinski definition) is 2. The van der Waals surface area contributed by atoms with E-state index in [4.69, 9.17) is 0 Å². The summed E-state index contributed by atoms with van der Waals surface area (Å²) in [6, 6.07) is 129. The number of fused-ring (bicyclic) bond motifs is 18. The molecule has 0 saturated carbocycles. The molecule has 0 spiro atoms. The lowest BCUT2D eigenvalue weighted by Crippen LogP contribution is -2.28. The zero-order valence-electron chi connectivity index (χ0n) is 54.0. The summed E-state index contributed by atoms with van der Waals surface area (Å²) in [6.07, 6.45) is 0. The monoisotopic (exact) mass is 1270 g/mol. The molecule has 0 atom stereocenters. The van der Waals surface area contributed by atoms with Crippen LogP contribution in [0.15, 0.2) is 340 Å². The Labute approximate surface area is 575 Å². The minimum atomic E-state index is -0.765. The Morgan fingerprint density at radius 2 is 0.450 bits per heavy atom. The van der Waals surface area contributed by atoms with Crippen molar-refractivity contribution >= 4 is 87.2 Å². The van der Waals surface area contributed by atoms with Crippen LogP contribution in [-0.2, 0) is 10.8 Å². The van der Waals surface area contributed by atoms with Gasteiger partial charge in [-0.25, -0.2) is 0 Å². The predicted octanol–water partition coefficient (Wildman–Crippen LogP) is 22.5. The molecule has 19 aromatic rings. The molecule has 462 valence electrons. The molecular formula is C94H56N6. The van der Waals surface area contributed by atoms with Crippen molar-refractivity contribution in [3.05, 3.63) is 395 Å². The summed E-state index contributed by atoms with van der Waals surface area (Å²) in [5.41, 5.74) is 22.8. The van der Waals surface area contributed by atoms with Crippen LogP contribution in [0.25, 0.3) is 132 Å². The van der Waals surface area contributed by atoms with E-state index in [1.165, 1.54) is 22.3 Å². The quantitative estimate of drug-likeness (QED) is 0.152. The van der Waals surface area contributed by atoms with Gasteiger partial charge in [-0.15, -0.1) is 0 Å². The maximum absolute atomic E-state index is 13.2. The lowest BCUT2D eigenvalue weighted by atomic mass is 9.67. The number of para-hydroxylation sites is 6. The van der Waals surface area contributed by atoms with E-state index >= 15 is 0 Å². The second-order valence-corrected chi connectivity index (χ2v) is 26.7. The van der Waals surface area contributed by atoms with Gasteiger partial charge in [-0.05, 0) is 127 Å². The first-order valence-corrected chi connectivity index (χ1v) is 34.2. The van der Waals surface area contributed by atoms with E-state index in [2.05, 4.69) is 370 Å². The van der Waals surface area contributed by atoms with Crippen LogP contribution in [0, 0.1) is 22.7 Å². The van der Waals surface area contributed by atoms with Crippen molar-refractivity contribution in [1.82, 2.24) is 18.3 Å². The molecule has 0 aliphatic heterocycles. The van der Waals surface area contributed by atoms with Crippen molar-refractivity contribution < 1.29 is 0 Å². The van der Waals surface area contributed by atoms with Gasteiger partial charge in [-0.3, -0.25) is 0 Å². The van der Waals surface area contributed by atoms with Crippen LogP contribution in [0.5, 0.6) is 0 Å². The van der Waals surface area contributed by atoms with Crippen molar-refractivity contribution in [2.75, 3.05) is 0 Å². The Hall–Kier alpha value is -13.5. The molecule has 0 radical (unpaired) electrons. The smallest absolute Gasteiger partial charge is 0.104 e. The van der Waals surface area contributed by atoms with Crippen LogP contribution in [-0.4, -0.2) is 18.3 Å². The first kappa shape index (κ1) is 55.7. The van der Waals surface area contributed by atoms with E-state index in [0.717, 1.165) is 132 Å². The number of nitriles is 2. The van der Waals surface area contributed by atoms with Gasteiger partial charge in [0.25, 0.3) is 0 Å². The third-order valence-electron chi connectivity index (χ3n) is 22.2. The van der Waals surface area contributed by atoms with Crippen molar-refractivity contribution in [1.29, 1.82) is 10.5 Å². The van der Waals surface area contributed by atoms with E-state index in [0.29, 0.717) is 33.9 Å². The van der Waals surface area contributed by atoms with Gasteiger partial charge in [0.2, 0.25) is 0 Å². The summed E-state index contributed by atoms with van der Waals surface area (Å²) < 4.78 is 9.43. The standard InChI is InChI=1S/C94H56N6/c95-57-75-89(97-81-47-23-15-39-65(81)66-40-16-24-48-82(66)97)76(58-96)91(100-86-52-28-20-44-70(86)74-54-72-64-38-14-22-46-78(64)94(80(72)56-88(74)100,61-33-9-3-10-34-61)62-35-11-4-12-36-62)92(98-83-49-25-17-41-67(83)68-42-18-26-50-84(68)98)90(75)99-85-51-27-19-43-69(85)73-53-71-63-37-13-21-45-77(63)93(79(71)55-87(73)99,59-29-5-1-6-30-59)60-31-7-2-8-32-60/h1-56H. The third kappa shape index (κ3) is 7.17. The van der Waals surface area contributed by atoms with Gasteiger partial charge in [-0.2, -0.15) is 10.5 Å². The lowest BCUT2D eigenvalue weighted by molar-refractivity contribution is 0.769. The summed E-state index contributed by atoms with van der Waals surface area (Å²) in [5.74, 6) is 0. The molecule has 6 heteroatoms. The van der Waals surface area contributed by atoms with Gasteiger partial charge in [0.1, 0.15) is 23.3 Å². The van der Waals surface area contributed by atoms with Crippen LogP contribution < -0.4 is 0 Å². The fourth-order valence-corrected chi connectivity index (χ4v) is 18.4. The van der Waals surface area contributed by atoms with Crippen molar-refractivity contribution in [3.8, 4) is 57.1 Å². The minimum absolute atomic E-state index is 0.344. The van der Waals surface area contributed by atoms with Gasteiger partial charge in [0, 0.05) is 43.1 Å². The van der Waals surface area contributed by atoms with Crippen LogP contribution >= 0.6 is 0 Å². The highest BCUT2D eigenvalue weighted by atomic mass is 15.1. The van der Waals surface area contributed by atoms with Gasteiger partial charge < -0.3 is 18.3 Å². The van der Waals surface area contributed by atoms with Crippen LogP contribution in [0.1, 0.15) is 55.6 Å². The third-order valence-corrected chi connectivity index (χ3v) is 22.2. The molecule has 0 bridgehead atoms. The normalized spacial score (nSPS) is 13.3. The van der Waals surface area contributed by atoms with Crippen LogP contribution in [0.4, 0.5) is 0 Å². The van der Waals surface area contributed by atoms with Gasteiger partial charge in [0.05, 0.1) is 77.7 Å². The molecule has 0 amide bonds. The summed E-state index contributed by atoms with van der Waals surface area (Å²) in [5, 5.41) is 34.7. The Kier molecular flexibility index (Phi) is 11.7. The summed E-state index contributed by atoms with van der Waals surface area (Å²) in [4.78, 5) is 0. The summed E-state index contributed by atoms with van der Waals surface area (Å²) in [7, 11) is 0. The maximum Gasteiger partial charge on any atom is 0.104 e. The number of nitrogens with zero attached hydrogens (tertiary/aromatic N) is 6. The molecule has 2 aliphatic rings. The predicted molar refractivity (Wildman–Crippen MR) is 408 cm³/mol. The van der Waals surface area contributed by atoms with E-state index in [9.17, 15) is 10.5 Å². The van der Waals surface area contributed by atoms with Crippen molar-refractivity contribution in [3.63, 3.8) is 0 Å². The first-order chi connectivity index (χ1) is 49.6. The Morgan fingerprint density at radius 3 is 0.760 bits per heavy atom. The molecule has 0 fully saturated rings. The molecule has 4 heterocycles. The molecule has 0 unspecified atom stereocenters. The largest absolute Gasteiger partial charge is 0.306 e. The topological polar surface area (TPSA) is 67.3 Å². The Bertz CT molecular complexity index is 6310. The highest BCUT2D eigenvalue weighted by Gasteiger charge is 2.49. The second-order valence-electron chi connectivity index (χ2n) is 26.7. The molecule has 6 nitrogen and oxygen atoms in total.